The van der Waals surface area contributed by atoms with E-state index in [1.807, 2.05) is 100 Å². The molecule has 0 spiro atoms. The Morgan fingerprint density at radius 1 is 0.357 bits per heavy atom. The number of carbonyl (C=O) groups excluding carboxylic acids is 2. The number of ether oxygens (including phenoxy) is 4. The molecule has 0 radical (unpaired) electrons. The van der Waals surface area contributed by atoms with E-state index >= 15 is 9.59 Å². The number of benzene rings is 9. The maximum absolute atomic E-state index is 15.4. The summed E-state index contributed by atoms with van der Waals surface area (Å²) in [4.78, 5) is 59.0. The lowest BCUT2D eigenvalue weighted by Gasteiger charge is -2.27. The van der Waals surface area contributed by atoms with E-state index < -0.39 is 23.8 Å². The first-order valence-electron chi connectivity index (χ1n) is 29.0. The molecule has 9 aromatic rings. The Balaban J connectivity index is 1.59. The van der Waals surface area contributed by atoms with Crippen molar-refractivity contribution in [2.75, 3.05) is 0 Å². The Bertz CT molecular complexity index is 3750. The summed E-state index contributed by atoms with van der Waals surface area (Å²) in [6.45, 7) is 33.0. The van der Waals surface area contributed by atoms with Gasteiger partial charge < -0.3 is 39.8 Å². The number of aromatic carboxylic acids is 2. The number of carboxylic acid groups (broad SMARTS) is 2. The van der Waals surface area contributed by atoms with Crippen molar-refractivity contribution in [2.45, 2.75) is 157 Å². The van der Waals surface area contributed by atoms with Gasteiger partial charge in [-0.05, 0) is 143 Å². The van der Waals surface area contributed by atoms with Crippen LogP contribution in [0.25, 0.3) is 43.1 Å². The predicted molar refractivity (Wildman–Crippen MR) is 337 cm³/mol. The molecular formula is C72H78N2O10. The van der Waals surface area contributed by atoms with E-state index in [-0.39, 0.29) is 117 Å². The van der Waals surface area contributed by atoms with Crippen LogP contribution in [0.2, 0.25) is 0 Å². The zero-order valence-corrected chi connectivity index (χ0v) is 51.3. The van der Waals surface area contributed by atoms with Gasteiger partial charge in [0.1, 0.15) is 46.0 Å². The lowest BCUT2D eigenvalue weighted by atomic mass is 9.82. The van der Waals surface area contributed by atoms with Crippen molar-refractivity contribution in [3.05, 3.63) is 166 Å². The molecule has 0 aliphatic heterocycles. The van der Waals surface area contributed by atoms with Gasteiger partial charge in [-0.1, -0.05) is 145 Å². The number of hydrogen-bond donors (Lipinski definition) is 4. The van der Waals surface area contributed by atoms with Crippen LogP contribution < -0.4 is 29.6 Å². The van der Waals surface area contributed by atoms with Crippen LogP contribution in [0.3, 0.4) is 0 Å². The van der Waals surface area contributed by atoms with E-state index in [4.69, 9.17) is 18.9 Å². The van der Waals surface area contributed by atoms with E-state index in [0.29, 0.717) is 41.2 Å². The van der Waals surface area contributed by atoms with Crippen molar-refractivity contribution in [3.8, 4) is 46.0 Å². The summed E-state index contributed by atoms with van der Waals surface area (Å²) in [6, 6.07) is 35.6. The van der Waals surface area contributed by atoms with Crippen LogP contribution in [-0.2, 0) is 21.7 Å². The molecule has 0 aliphatic carbocycles. The average Bonchev–Trinajstić information content (AvgIpc) is 0.718. The average molecular weight is 1130 g/mol. The first kappa shape index (κ1) is 60.0. The summed E-state index contributed by atoms with van der Waals surface area (Å²) in [5.74, 6) is -2.12. The van der Waals surface area contributed by atoms with Crippen molar-refractivity contribution in [1.82, 2.24) is 10.6 Å². The minimum atomic E-state index is -1.43. The van der Waals surface area contributed by atoms with Gasteiger partial charge in [-0.25, -0.2) is 9.59 Å². The smallest absolute Gasteiger partial charge is 0.336 e. The molecule has 2 atom stereocenters. The minimum Gasteiger partial charge on any atom is -0.478 e. The van der Waals surface area contributed by atoms with Gasteiger partial charge in [-0.2, -0.15) is 0 Å². The highest BCUT2D eigenvalue weighted by Crippen LogP contribution is 2.57. The zero-order chi connectivity index (χ0) is 61.1. The van der Waals surface area contributed by atoms with E-state index in [2.05, 4.69) is 93.7 Å². The SMILES string of the molecule is CCC(C)NC(=O)c1cc(Oc2ccc(C(C)(C)C)cc2)c2c3c(Oc4ccc(C(C)(C)C)cc4)cc(C(=O)O)c4c(C(=O)O)cc(Oc5ccc(C(C)(C)C)cc5)c(c5c(Oc6ccc(C(C)(C)C)cc6)cc(C(=O)NC(C)CC)c1c25)c43. The molecule has 0 saturated carbocycles. The van der Waals surface area contributed by atoms with Crippen molar-refractivity contribution in [3.63, 3.8) is 0 Å². The number of nitrogens with one attached hydrogen (secondary N) is 2. The number of hydrogen-bond acceptors (Lipinski definition) is 8. The van der Waals surface area contributed by atoms with Gasteiger partial charge in [0.2, 0.25) is 0 Å². The molecule has 12 nitrogen and oxygen atoms in total. The number of rotatable bonds is 16. The summed E-state index contributed by atoms with van der Waals surface area (Å²) in [5, 5.41) is 30.7. The van der Waals surface area contributed by atoms with Gasteiger partial charge in [0.25, 0.3) is 11.8 Å². The fourth-order valence-corrected chi connectivity index (χ4v) is 10.6. The van der Waals surface area contributed by atoms with E-state index in [1.54, 1.807) is 36.4 Å². The van der Waals surface area contributed by atoms with Crippen LogP contribution in [0.15, 0.2) is 121 Å². The maximum Gasteiger partial charge on any atom is 0.336 e. The Labute approximate surface area is 492 Å². The Morgan fingerprint density at radius 2 is 0.571 bits per heavy atom. The zero-order valence-electron chi connectivity index (χ0n) is 51.3. The molecule has 0 aromatic heterocycles. The number of fused-ring (bicyclic) bond motifs is 2. The van der Waals surface area contributed by atoms with E-state index in [0.717, 1.165) is 22.3 Å². The molecular weight excluding hydrogens is 1050 g/mol. The fourth-order valence-electron chi connectivity index (χ4n) is 10.6. The molecule has 9 rings (SSSR count). The second-order valence-corrected chi connectivity index (χ2v) is 26.4. The second-order valence-electron chi connectivity index (χ2n) is 26.4. The van der Waals surface area contributed by atoms with Crippen molar-refractivity contribution in [1.29, 1.82) is 0 Å². The summed E-state index contributed by atoms with van der Waals surface area (Å²) in [5.41, 5.74) is 2.68. The van der Waals surface area contributed by atoms with Crippen LogP contribution in [-0.4, -0.2) is 46.0 Å². The van der Waals surface area contributed by atoms with Gasteiger partial charge in [0, 0.05) is 55.2 Å². The fraction of sp³-hybridized carbons (Fsp3) is 0.333. The topological polar surface area (TPSA) is 170 Å². The molecule has 12 heteroatoms. The second kappa shape index (κ2) is 22.5. The normalized spacial score (nSPS) is 13.0. The number of amides is 2. The molecule has 0 fully saturated rings. The molecule has 0 heterocycles. The highest BCUT2D eigenvalue weighted by atomic mass is 16.5. The van der Waals surface area contributed by atoms with Crippen molar-refractivity contribution in [2.24, 2.45) is 0 Å². The minimum absolute atomic E-state index is 0.0130. The number of carbonyl (C=O) groups is 4. The summed E-state index contributed by atoms with van der Waals surface area (Å²) in [6.07, 6.45) is 1.18. The van der Waals surface area contributed by atoms with Crippen molar-refractivity contribution >= 4 is 66.8 Å². The van der Waals surface area contributed by atoms with E-state index in [9.17, 15) is 19.8 Å². The molecule has 2 unspecified atom stereocenters. The Morgan fingerprint density at radius 3 is 0.774 bits per heavy atom. The molecule has 4 N–H and O–H groups in total. The van der Waals surface area contributed by atoms with Gasteiger partial charge in [-0.15, -0.1) is 0 Å². The lowest BCUT2D eigenvalue weighted by Crippen LogP contribution is -2.34. The third-order valence-electron chi connectivity index (χ3n) is 15.9. The lowest BCUT2D eigenvalue weighted by molar-refractivity contribution is 0.0695. The Hall–Kier alpha value is -8.64. The third-order valence-corrected chi connectivity index (χ3v) is 15.9. The summed E-state index contributed by atoms with van der Waals surface area (Å²) >= 11 is 0. The molecule has 84 heavy (non-hydrogen) atoms. The first-order chi connectivity index (χ1) is 39.4. The first-order valence-corrected chi connectivity index (χ1v) is 29.0. The summed E-state index contributed by atoms with van der Waals surface area (Å²) < 4.78 is 28.4. The van der Waals surface area contributed by atoms with Crippen LogP contribution in [0.1, 0.15) is 187 Å². The van der Waals surface area contributed by atoms with Gasteiger partial charge >= 0.3 is 11.9 Å². The highest BCUT2D eigenvalue weighted by Gasteiger charge is 2.35. The quantitative estimate of drug-likeness (QED) is 0.0539. The Kier molecular flexibility index (Phi) is 16.1. The molecule has 0 saturated heterocycles. The summed E-state index contributed by atoms with van der Waals surface area (Å²) in [7, 11) is 0. The highest BCUT2D eigenvalue weighted by molar-refractivity contribution is 6.42. The van der Waals surface area contributed by atoms with Gasteiger partial charge in [0.05, 0.1) is 22.3 Å². The molecule has 2 amide bonds. The van der Waals surface area contributed by atoms with Gasteiger partial charge in [-0.3, -0.25) is 9.59 Å². The molecule has 9 aromatic carbocycles. The van der Waals surface area contributed by atoms with E-state index in [1.165, 1.54) is 12.1 Å². The molecule has 436 valence electrons. The molecule has 0 aliphatic rings. The monoisotopic (exact) mass is 1130 g/mol. The van der Waals surface area contributed by atoms with Gasteiger partial charge in [0.15, 0.2) is 0 Å². The number of carboxylic acids is 2. The van der Waals surface area contributed by atoms with Crippen LogP contribution in [0.4, 0.5) is 0 Å². The third kappa shape index (κ3) is 11.9. The predicted octanol–water partition coefficient (Wildman–Crippen LogP) is 18.5. The largest absolute Gasteiger partial charge is 0.478 e. The van der Waals surface area contributed by atoms with Crippen LogP contribution >= 0.6 is 0 Å². The van der Waals surface area contributed by atoms with Crippen LogP contribution in [0, 0.1) is 0 Å². The van der Waals surface area contributed by atoms with Crippen molar-refractivity contribution < 1.29 is 48.3 Å². The van der Waals surface area contributed by atoms with Crippen LogP contribution in [0.5, 0.6) is 46.0 Å². The molecule has 0 bridgehead atoms. The standard InChI is InChI=1S/C72H78N2O10/c1-17-39(3)73-65(75)49-35-53(81-45-27-19-41(20-28-45)69(5,6)7)59-61-55(83-47-31-23-43(24-32-47)71(11,12)13)37-51(67(77)78)58-52(68(79)80)38-56(84-48-33-25-44(26-34-48)72(14,15)16)62(64(58)61)60-54(82-46-29-21-42(22-30-46)70(8,9)10)36-50(57(49)63(59)60)66(76)74-40(4)18-2/h19-40H,17-18H2,1-16H3,(H,73,75)(H,74,76)(H,77,78)(H,79,80). The maximum atomic E-state index is 15.4.